The zero-order chi connectivity index (χ0) is 14.3. The molecule has 0 aliphatic carbocycles. The summed E-state index contributed by atoms with van der Waals surface area (Å²) in [5.41, 5.74) is 2.84. The van der Waals surface area contributed by atoms with E-state index < -0.39 is 0 Å². The Bertz CT molecular complexity index is 343. The number of nitrogens with zero attached hydrogens (tertiary/aromatic N) is 1. The Morgan fingerprint density at radius 2 is 1.74 bits per heavy atom. The molecule has 2 heteroatoms. The third kappa shape index (κ3) is 5.75. The van der Waals surface area contributed by atoms with Crippen LogP contribution in [0, 0.1) is 0 Å². The van der Waals surface area contributed by atoms with E-state index in [2.05, 4.69) is 69.3 Å². The van der Waals surface area contributed by atoms with Crippen molar-refractivity contribution < 1.29 is 0 Å². The van der Waals surface area contributed by atoms with Crippen molar-refractivity contribution in [3.63, 3.8) is 0 Å². The van der Waals surface area contributed by atoms with Crippen molar-refractivity contribution in [2.75, 3.05) is 20.6 Å². The molecule has 1 N–H and O–H groups in total. The Morgan fingerprint density at radius 1 is 1.11 bits per heavy atom. The molecule has 0 heterocycles. The zero-order valence-corrected chi connectivity index (χ0v) is 13.2. The second-order valence-corrected chi connectivity index (χ2v) is 5.79. The first-order chi connectivity index (χ1) is 9.04. The van der Waals surface area contributed by atoms with Gasteiger partial charge in [-0.1, -0.05) is 37.6 Å². The Morgan fingerprint density at radius 3 is 2.26 bits per heavy atom. The van der Waals surface area contributed by atoms with Gasteiger partial charge < -0.3 is 10.2 Å². The van der Waals surface area contributed by atoms with Gasteiger partial charge in [0.2, 0.25) is 0 Å². The first kappa shape index (κ1) is 16.2. The van der Waals surface area contributed by atoms with E-state index >= 15 is 0 Å². The van der Waals surface area contributed by atoms with E-state index in [0.29, 0.717) is 12.1 Å². The molecule has 0 aliphatic heterocycles. The van der Waals surface area contributed by atoms with Crippen LogP contribution in [-0.4, -0.2) is 31.6 Å². The van der Waals surface area contributed by atoms with E-state index in [1.165, 1.54) is 30.4 Å². The number of aryl methyl sites for hydroxylation is 1. The smallest absolute Gasteiger partial charge is 0.0292 e. The summed E-state index contributed by atoms with van der Waals surface area (Å²) in [6.07, 6.45) is 3.76. The van der Waals surface area contributed by atoms with Crippen LogP contribution in [0.15, 0.2) is 24.3 Å². The molecule has 0 saturated carbocycles. The third-order valence-corrected chi connectivity index (χ3v) is 3.90. The summed E-state index contributed by atoms with van der Waals surface area (Å²) in [5, 5.41) is 3.60. The van der Waals surface area contributed by atoms with E-state index in [0.717, 1.165) is 6.54 Å². The molecule has 0 bridgehead atoms. The zero-order valence-electron chi connectivity index (χ0n) is 13.2. The molecule has 108 valence electrons. The minimum absolute atomic E-state index is 0.419. The molecule has 0 amide bonds. The Labute approximate surface area is 119 Å². The van der Waals surface area contributed by atoms with Crippen molar-refractivity contribution in [2.24, 2.45) is 0 Å². The first-order valence-electron chi connectivity index (χ1n) is 7.53. The van der Waals surface area contributed by atoms with Crippen molar-refractivity contribution in [3.8, 4) is 0 Å². The summed E-state index contributed by atoms with van der Waals surface area (Å²) in [6, 6.07) is 10.1. The predicted molar refractivity (Wildman–Crippen MR) is 84.6 cm³/mol. The highest BCUT2D eigenvalue weighted by Crippen LogP contribution is 2.14. The van der Waals surface area contributed by atoms with Gasteiger partial charge in [0, 0.05) is 18.6 Å². The fourth-order valence-electron chi connectivity index (χ4n) is 2.00. The Kier molecular flexibility index (Phi) is 7.11. The average Bonchev–Trinajstić information content (AvgIpc) is 2.42. The van der Waals surface area contributed by atoms with E-state index in [9.17, 15) is 0 Å². The molecular formula is C17H30N2. The SMILES string of the molecule is CCCCc1ccc(C(C)NCC(C)N(C)C)cc1. The van der Waals surface area contributed by atoms with E-state index in [-0.39, 0.29) is 0 Å². The van der Waals surface area contributed by atoms with Crippen molar-refractivity contribution >= 4 is 0 Å². The lowest BCUT2D eigenvalue weighted by molar-refractivity contribution is 0.295. The highest BCUT2D eigenvalue weighted by molar-refractivity contribution is 5.24. The van der Waals surface area contributed by atoms with Crippen LogP contribution in [0.3, 0.4) is 0 Å². The van der Waals surface area contributed by atoms with Gasteiger partial charge >= 0.3 is 0 Å². The highest BCUT2D eigenvalue weighted by atomic mass is 15.1. The molecular weight excluding hydrogens is 232 g/mol. The van der Waals surface area contributed by atoms with Gasteiger partial charge in [-0.05, 0) is 51.9 Å². The minimum atomic E-state index is 0.419. The first-order valence-corrected chi connectivity index (χ1v) is 7.53. The van der Waals surface area contributed by atoms with Crippen LogP contribution in [0.1, 0.15) is 50.8 Å². The second-order valence-electron chi connectivity index (χ2n) is 5.79. The molecule has 1 rings (SSSR count). The summed E-state index contributed by atoms with van der Waals surface area (Å²) in [6.45, 7) is 7.75. The van der Waals surface area contributed by atoms with Crippen LogP contribution in [0.5, 0.6) is 0 Å². The van der Waals surface area contributed by atoms with Crippen LogP contribution < -0.4 is 5.32 Å². The van der Waals surface area contributed by atoms with Gasteiger partial charge in [-0.25, -0.2) is 0 Å². The summed E-state index contributed by atoms with van der Waals surface area (Å²) >= 11 is 0. The monoisotopic (exact) mass is 262 g/mol. The summed E-state index contributed by atoms with van der Waals surface area (Å²) in [7, 11) is 4.25. The number of rotatable bonds is 8. The van der Waals surface area contributed by atoms with Crippen LogP contribution in [0.25, 0.3) is 0 Å². The van der Waals surface area contributed by atoms with Crippen molar-refractivity contribution in [3.05, 3.63) is 35.4 Å². The van der Waals surface area contributed by atoms with E-state index in [4.69, 9.17) is 0 Å². The van der Waals surface area contributed by atoms with Crippen LogP contribution in [0.4, 0.5) is 0 Å². The quantitative estimate of drug-likeness (QED) is 0.769. The van der Waals surface area contributed by atoms with E-state index in [1.807, 2.05) is 0 Å². The number of hydrogen-bond donors (Lipinski definition) is 1. The van der Waals surface area contributed by atoms with Gasteiger partial charge in [0.05, 0.1) is 0 Å². The lowest BCUT2D eigenvalue weighted by atomic mass is 10.0. The molecule has 0 saturated heterocycles. The van der Waals surface area contributed by atoms with Gasteiger partial charge in [-0.3, -0.25) is 0 Å². The number of benzene rings is 1. The number of likely N-dealkylation sites (N-methyl/N-ethyl adjacent to an activating group) is 1. The van der Waals surface area contributed by atoms with Crippen LogP contribution >= 0.6 is 0 Å². The van der Waals surface area contributed by atoms with Gasteiger partial charge in [0.15, 0.2) is 0 Å². The molecule has 1 aromatic carbocycles. The fourth-order valence-corrected chi connectivity index (χ4v) is 2.00. The molecule has 2 unspecified atom stereocenters. The molecule has 2 nitrogen and oxygen atoms in total. The number of nitrogens with one attached hydrogen (secondary N) is 1. The normalized spacial score (nSPS) is 14.6. The maximum absolute atomic E-state index is 3.60. The standard InChI is InChI=1S/C17H30N2/c1-6-7-8-16-9-11-17(12-10-16)15(3)18-13-14(2)19(4)5/h9-12,14-15,18H,6-8,13H2,1-5H3. The molecule has 0 aliphatic rings. The van der Waals surface area contributed by atoms with Gasteiger partial charge in [-0.15, -0.1) is 0 Å². The minimum Gasteiger partial charge on any atom is -0.309 e. The maximum Gasteiger partial charge on any atom is 0.0292 e. The number of hydrogen-bond acceptors (Lipinski definition) is 2. The largest absolute Gasteiger partial charge is 0.309 e. The molecule has 0 spiro atoms. The predicted octanol–water partition coefficient (Wildman–Crippen LogP) is 3.63. The number of unbranched alkanes of at least 4 members (excludes halogenated alkanes) is 1. The van der Waals surface area contributed by atoms with Crippen LogP contribution in [-0.2, 0) is 6.42 Å². The Balaban J connectivity index is 2.46. The third-order valence-electron chi connectivity index (χ3n) is 3.90. The second kappa shape index (κ2) is 8.34. The molecule has 19 heavy (non-hydrogen) atoms. The van der Waals surface area contributed by atoms with Crippen LogP contribution in [0.2, 0.25) is 0 Å². The van der Waals surface area contributed by atoms with Crippen molar-refractivity contribution in [1.82, 2.24) is 10.2 Å². The summed E-state index contributed by atoms with van der Waals surface area (Å²) in [5.74, 6) is 0. The lowest BCUT2D eigenvalue weighted by Crippen LogP contribution is -2.36. The molecule has 1 aromatic rings. The molecule has 0 fully saturated rings. The van der Waals surface area contributed by atoms with Crippen molar-refractivity contribution in [1.29, 1.82) is 0 Å². The van der Waals surface area contributed by atoms with Gasteiger partial charge in [-0.2, -0.15) is 0 Å². The topological polar surface area (TPSA) is 15.3 Å². The molecule has 0 aromatic heterocycles. The molecule has 0 radical (unpaired) electrons. The lowest BCUT2D eigenvalue weighted by Gasteiger charge is -2.23. The molecule has 2 atom stereocenters. The average molecular weight is 262 g/mol. The van der Waals surface area contributed by atoms with E-state index in [1.54, 1.807) is 0 Å². The van der Waals surface area contributed by atoms with Crippen molar-refractivity contribution in [2.45, 2.75) is 52.1 Å². The van der Waals surface area contributed by atoms with Gasteiger partial charge in [0.1, 0.15) is 0 Å². The fraction of sp³-hybridized carbons (Fsp3) is 0.647. The summed E-state index contributed by atoms with van der Waals surface area (Å²) < 4.78 is 0. The summed E-state index contributed by atoms with van der Waals surface area (Å²) in [4.78, 5) is 2.24. The highest BCUT2D eigenvalue weighted by Gasteiger charge is 2.08. The Hall–Kier alpha value is -0.860. The van der Waals surface area contributed by atoms with Gasteiger partial charge in [0.25, 0.3) is 0 Å². The maximum atomic E-state index is 3.60.